The molecule has 0 aromatic rings. The van der Waals surface area contributed by atoms with E-state index in [0.29, 0.717) is 0 Å². The summed E-state index contributed by atoms with van der Waals surface area (Å²) in [5.74, 6) is 0. The topological polar surface area (TPSA) is 9.23 Å². The Balaban J connectivity index is 3.28. The molecule has 0 bridgehead atoms. The maximum absolute atomic E-state index is 5.54. The van der Waals surface area contributed by atoms with Gasteiger partial charge in [-0.2, -0.15) is 0 Å². The van der Waals surface area contributed by atoms with E-state index in [1.807, 2.05) is 0 Å². The summed E-state index contributed by atoms with van der Waals surface area (Å²) in [5.41, 5.74) is 0.0115. The van der Waals surface area contributed by atoms with Crippen LogP contribution in [-0.2, 0) is 4.74 Å². The molecule has 0 saturated heterocycles. The first-order chi connectivity index (χ1) is 6.98. The lowest BCUT2D eigenvalue weighted by molar-refractivity contribution is 0.264. The van der Waals surface area contributed by atoms with E-state index in [9.17, 15) is 0 Å². The van der Waals surface area contributed by atoms with Gasteiger partial charge in [0.2, 0.25) is 0 Å². The highest BCUT2D eigenvalue weighted by Crippen LogP contribution is 2.17. The van der Waals surface area contributed by atoms with Crippen molar-refractivity contribution in [1.29, 1.82) is 0 Å². The van der Waals surface area contributed by atoms with Gasteiger partial charge in [0.15, 0.2) is 5.05 Å². The third kappa shape index (κ3) is 8.86. The van der Waals surface area contributed by atoms with Crippen molar-refractivity contribution in [1.82, 2.24) is 0 Å². The predicted molar refractivity (Wildman–Crippen MR) is 71.4 cm³/mol. The van der Waals surface area contributed by atoms with Crippen LogP contribution in [0.25, 0.3) is 0 Å². The Labute approximate surface area is 101 Å². The molecule has 1 nitrogen and oxygen atoms in total. The largest absolute Gasteiger partial charge is 0.486 e. The standard InChI is InChI=1S/C13H26OS/c1-5-6-7-8-9-10-11-14-12(15)13(2,3)4/h5-11H2,1-4H3. The fourth-order valence-electron chi connectivity index (χ4n) is 1.26. The van der Waals surface area contributed by atoms with Gasteiger partial charge in [-0.15, -0.1) is 0 Å². The molecule has 0 fully saturated rings. The lowest BCUT2D eigenvalue weighted by atomic mass is 9.98. The molecule has 2 heteroatoms. The first kappa shape index (κ1) is 14.9. The highest BCUT2D eigenvalue weighted by Gasteiger charge is 2.17. The van der Waals surface area contributed by atoms with Gasteiger partial charge in [-0.1, -0.05) is 59.8 Å². The van der Waals surface area contributed by atoms with Gasteiger partial charge in [0, 0.05) is 5.41 Å². The smallest absolute Gasteiger partial charge is 0.164 e. The van der Waals surface area contributed by atoms with E-state index in [1.165, 1.54) is 32.1 Å². The lowest BCUT2D eigenvalue weighted by Crippen LogP contribution is -2.21. The number of ether oxygens (including phenoxy) is 1. The number of thiocarbonyl (C=S) groups is 1. The highest BCUT2D eigenvalue weighted by molar-refractivity contribution is 7.80. The molecular formula is C13H26OS. The van der Waals surface area contributed by atoms with Crippen LogP contribution in [0.15, 0.2) is 0 Å². The van der Waals surface area contributed by atoms with Crippen molar-refractivity contribution in [2.24, 2.45) is 5.41 Å². The summed E-state index contributed by atoms with van der Waals surface area (Å²) in [4.78, 5) is 0. The van der Waals surface area contributed by atoms with E-state index < -0.39 is 0 Å². The summed E-state index contributed by atoms with van der Waals surface area (Å²) in [6, 6.07) is 0. The molecule has 0 aromatic carbocycles. The molecule has 0 aliphatic rings. The van der Waals surface area contributed by atoms with E-state index in [4.69, 9.17) is 17.0 Å². The monoisotopic (exact) mass is 230 g/mol. The molecule has 0 radical (unpaired) electrons. The molecule has 0 aromatic heterocycles. The van der Waals surface area contributed by atoms with Crippen LogP contribution in [0.2, 0.25) is 0 Å². The first-order valence-electron chi connectivity index (χ1n) is 6.15. The molecule has 0 unspecified atom stereocenters. The molecule has 90 valence electrons. The Bertz CT molecular complexity index is 170. The summed E-state index contributed by atoms with van der Waals surface area (Å²) in [6.07, 6.45) is 7.78. The predicted octanol–water partition coefficient (Wildman–Crippen LogP) is 4.74. The van der Waals surface area contributed by atoms with Crippen molar-refractivity contribution in [2.45, 2.75) is 66.2 Å². The van der Waals surface area contributed by atoms with Crippen molar-refractivity contribution in [2.75, 3.05) is 6.61 Å². The summed E-state index contributed by atoms with van der Waals surface area (Å²) >= 11 is 5.19. The normalized spacial score (nSPS) is 11.5. The van der Waals surface area contributed by atoms with Crippen molar-refractivity contribution in [3.8, 4) is 0 Å². The average Bonchev–Trinajstić information content (AvgIpc) is 2.14. The molecule has 0 heterocycles. The van der Waals surface area contributed by atoms with Crippen LogP contribution < -0.4 is 0 Å². The minimum atomic E-state index is 0.0115. The molecule has 0 N–H and O–H groups in total. The first-order valence-corrected chi connectivity index (χ1v) is 6.56. The molecule has 0 saturated carbocycles. The second-order valence-electron chi connectivity index (χ2n) is 5.15. The molecule has 0 aliphatic carbocycles. The maximum atomic E-state index is 5.54. The summed E-state index contributed by atoms with van der Waals surface area (Å²) in [5, 5.41) is 0.746. The van der Waals surface area contributed by atoms with Crippen LogP contribution in [0, 0.1) is 5.41 Å². The Morgan fingerprint density at radius 1 is 1.00 bits per heavy atom. The lowest BCUT2D eigenvalue weighted by Gasteiger charge is -2.19. The van der Waals surface area contributed by atoms with Crippen molar-refractivity contribution in [3.63, 3.8) is 0 Å². The van der Waals surface area contributed by atoms with Gasteiger partial charge in [-0.25, -0.2) is 0 Å². The van der Waals surface area contributed by atoms with Gasteiger partial charge in [0.05, 0.1) is 6.61 Å². The van der Waals surface area contributed by atoms with E-state index in [2.05, 4.69) is 27.7 Å². The Morgan fingerprint density at radius 2 is 1.53 bits per heavy atom. The van der Waals surface area contributed by atoms with Gasteiger partial charge in [-0.3, -0.25) is 0 Å². The molecule has 0 aliphatic heterocycles. The summed E-state index contributed by atoms with van der Waals surface area (Å²) < 4.78 is 5.54. The molecule has 15 heavy (non-hydrogen) atoms. The minimum absolute atomic E-state index is 0.0115. The van der Waals surface area contributed by atoms with Crippen molar-refractivity contribution < 1.29 is 4.74 Å². The zero-order valence-electron chi connectivity index (χ0n) is 10.8. The van der Waals surface area contributed by atoms with E-state index in [1.54, 1.807) is 0 Å². The summed E-state index contributed by atoms with van der Waals surface area (Å²) in [7, 11) is 0. The number of hydrogen-bond donors (Lipinski definition) is 0. The Hall–Kier alpha value is -0.110. The summed E-state index contributed by atoms with van der Waals surface area (Å²) in [6.45, 7) is 9.32. The zero-order chi connectivity index (χ0) is 11.7. The number of hydrogen-bond acceptors (Lipinski definition) is 2. The molecular weight excluding hydrogens is 204 g/mol. The zero-order valence-corrected chi connectivity index (χ0v) is 11.6. The number of unbranched alkanes of at least 4 members (excludes halogenated alkanes) is 5. The van der Waals surface area contributed by atoms with Gasteiger partial charge in [0.25, 0.3) is 0 Å². The maximum Gasteiger partial charge on any atom is 0.164 e. The third-order valence-corrected chi connectivity index (χ3v) is 3.07. The fraction of sp³-hybridized carbons (Fsp3) is 0.923. The van der Waals surface area contributed by atoms with Crippen LogP contribution in [0.5, 0.6) is 0 Å². The SMILES string of the molecule is CCCCCCCCOC(=S)C(C)(C)C. The second kappa shape index (κ2) is 8.09. The van der Waals surface area contributed by atoms with Crippen LogP contribution in [0.3, 0.4) is 0 Å². The average molecular weight is 230 g/mol. The van der Waals surface area contributed by atoms with E-state index in [0.717, 1.165) is 18.1 Å². The highest BCUT2D eigenvalue weighted by atomic mass is 32.1. The van der Waals surface area contributed by atoms with Crippen molar-refractivity contribution in [3.05, 3.63) is 0 Å². The number of rotatable bonds is 7. The van der Waals surface area contributed by atoms with Crippen LogP contribution >= 0.6 is 12.2 Å². The van der Waals surface area contributed by atoms with E-state index >= 15 is 0 Å². The molecule has 0 rings (SSSR count). The molecule has 0 amide bonds. The van der Waals surface area contributed by atoms with Crippen LogP contribution in [0.1, 0.15) is 66.2 Å². The molecule has 0 atom stereocenters. The third-order valence-electron chi connectivity index (χ3n) is 2.34. The minimum Gasteiger partial charge on any atom is -0.486 e. The molecule has 0 spiro atoms. The Morgan fingerprint density at radius 3 is 2.07 bits per heavy atom. The quantitative estimate of drug-likeness (QED) is 0.461. The second-order valence-corrected chi connectivity index (χ2v) is 5.52. The van der Waals surface area contributed by atoms with Crippen LogP contribution in [0.4, 0.5) is 0 Å². The van der Waals surface area contributed by atoms with Gasteiger partial charge in [0.1, 0.15) is 0 Å². The van der Waals surface area contributed by atoms with E-state index in [-0.39, 0.29) is 5.41 Å². The van der Waals surface area contributed by atoms with Gasteiger partial charge in [-0.05, 0) is 18.6 Å². The Kier molecular flexibility index (Phi) is 8.03. The fourth-order valence-corrected chi connectivity index (χ4v) is 1.35. The van der Waals surface area contributed by atoms with Crippen LogP contribution in [-0.4, -0.2) is 11.7 Å². The van der Waals surface area contributed by atoms with Gasteiger partial charge >= 0.3 is 0 Å². The van der Waals surface area contributed by atoms with Gasteiger partial charge < -0.3 is 4.74 Å². The van der Waals surface area contributed by atoms with Crippen molar-refractivity contribution >= 4 is 17.3 Å².